The van der Waals surface area contributed by atoms with Gasteiger partial charge in [0.25, 0.3) is 11.6 Å². The maximum absolute atomic E-state index is 13.3. The fourth-order valence-electron chi connectivity index (χ4n) is 2.98. The van der Waals surface area contributed by atoms with Gasteiger partial charge in [-0.1, -0.05) is 26.2 Å². The van der Waals surface area contributed by atoms with Crippen LogP contribution in [0.1, 0.15) is 49.4 Å². The first-order chi connectivity index (χ1) is 10.0. The topological polar surface area (TPSA) is 72.2 Å². The molecule has 0 bridgehead atoms. The molecule has 1 amide bonds. The average molecular weight is 294 g/mol. The SMILES string of the molecule is CCC1CCCCC1NC(=O)c1cc(F)ccc1[N+](=O)[O-]. The molecule has 0 aliphatic heterocycles. The molecule has 6 heteroatoms. The Morgan fingerprint density at radius 2 is 2.14 bits per heavy atom. The zero-order chi connectivity index (χ0) is 15.4. The maximum Gasteiger partial charge on any atom is 0.282 e. The van der Waals surface area contributed by atoms with E-state index in [0.717, 1.165) is 50.3 Å². The number of carbonyl (C=O) groups is 1. The Kier molecular flexibility index (Phi) is 4.88. The third-order valence-electron chi connectivity index (χ3n) is 4.15. The van der Waals surface area contributed by atoms with Crippen LogP contribution in [0.3, 0.4) is 0 Å². The number of nitrogens with one attached hydrogen (secondary N) is 1. The predicted molar refractivity (Wildman–Crippen MR) is 76.6 cm³/mol. The summed E-state index contributed by atoms with van der Waals surface area (Å²) in [5.74, 6) is -0.830. The molecule has 2 unspecified atom stereocenters. The maximum atomic E-state index is 13.3. The molecule has 1 aliphatic carbocycles. The Balaban J connectivity index is 2.19. The lowest BCUT2D eigenvalue weighted by Gasteiger charge is -2.31. The van der Waals surface area contributed by atoms with Crippen LogP contribution in [0.4, 0.5) is 10.1 Å². The van der Waals surface area contributed by atoms with Crippen LogP contribution in [0.5, 0.6) is 0 Å². The number of amides is 1. The zero-order valence-electron chi connectivity index (χ0n) is 12.0. The fraction of sp³-hybridized carbons (Fsp3) is 0.533. The molecule has 5 nitrogen and oxygen atoms in total. The molecule has 1 aliphatic rings. The van der Waals surface area contributed by atoms with Crippen LogP contribution in [0, 0.1) is 21.8 Å². The van der Waals surface area contributed by atoms with Crippen LogP contribution in [0.2, 0.25) is 0 Å². The molecule has 1 saturated carbocycles. The number of rotatable bonds is 4. The van der Waals surface area contributed by atoms with Crippen molar-refractivity contribution in [3.05, 3.63) is 39.7 Å². The molecule has 2 rings (SSSR count). The van der Waals surface area contributed by atoms with E-state index >= 15 is 0 Å². The van der Waals surface area contributed by atoms with Gasteiger partial charge in [-0.25, -0.2) is 4.39 Å². The minimum absolute atomic E-state index is 0.0131. The highest BCUT2D eigenvalue weighted by atomic mass is 19.1. The average Bonchev–Trinajstić information content (AvgIpc) is 2.47. The second kappa shape index (κ2) is 6.65. The lowest BCUT2D eigenvalue weighted by molar-refractivity contribution is -0.385. The van der Waals surface area contributed by atoms with Gasteiger partial charge in [0.15, 0.2) is 0 Å². The number of hydrogen-bond donors (Lipinski definition) is 1. The van der Waals surface area contributed by atoms with Gasteiger partial charge in [-0.05, 0) is 30.9 Å². The summed E-state index contributed by atoms with van der Waals surface area (Å²) in [6.45, 7) is 2.07. The normalized spacial score (nSPS) is 21.8. The quantitative estimate of drug-likeness (QED) is 0.683. The van der Waals surface area contributed by atoms with E-state index in [4.69, 9.17) is 0 Å². The Bertz CT molecular complexity index is 548. The molecular weight excluding hydrogens is 275 g/mol. The predicted octanol–water partition coefficient (Wildman–Crippen LogP) is 3.43. The second-order valence-electron chi connectivity index (χ2n) is 5.45. The van der Waals surface area contributed by atoms with Crippen LogP contribution >= 0.6 is 0 Å². The molecule has 0 spiro atoms. The Morgan fingerprint density at radius 1 is 1.43 bits per heavy atom. The summed E-state index contributed by atoms with van der Waals surface area (Å²) < 4.78 is 13.3. The van der Waals surface area contributed by atoms with Crippen LogP contribution in [0.15, 0.2) is 18.2 Å². The highest BCUT2D eigenvalue weighted by molar-refractivity contribution is 5.98. The molecule has 0 heterocycles. The van der Waals surface area contributed by atoms with E-state index < -0.39 is 16.6 Å². The van der Waals surface area contributed by atoms with Crippen LogP contribution in [-0.2, 0) is 0 Å². The third kappa shape index (κ3) is 3.56. The van der Waals surface area contributed by atoms with E-state index in [1.165, 1.54) is 0 Å². The molecule has 0 aromatic heterocycles. The molecule has 1 aromatic rings. The summed E-state index contributed by atoms with van der Waals surface area (Å²) in [5, 5.41) is 13.8. The minimum atomic E-state index is -0.660. The van der Waals surface area contributed by atoms with Crippen LogP contribution in [-0.4, -0.2) is 16.9 Å². The van der Waals surface area contributed by atoms with Crippen molar-refractivity contribution < 1.29 is 14.1 Å². The molecule has 0 radical (unpaired) electrons. The molecule has 1 fully saturated rings. The number of carbonyl (C=O) groups excluding carboxylic acids is 1. The van der Waals surface area contributed by atoms with E-state index in [2.05, 4.69) is 12.2 Å². The lowest BCUT2D eigenvalue weighted by Crippen LogP contribution is -2.42. The summed E-state index contributed by atoms with van der Waals surface area (Å²) in [6, 6.07) is 2.96. The van der Waals surface area contributed by atoms with Gasteiger partial charge < -0.3 is 5.32 Å². The van der Waals surface area contributed by atoms with Gasteiger partial charge in [-0.2, -0.15) is 0 Å². The Morgan fingerprint density at radius 3 is 2.81 bits per heavy atom. The molecular formula is C15H19FN2O3. The molecule has 1 N–H and O–H groups in total. The number of nitro groups is 1. The van der Waals surface area contributed by atoms with Gasteiger partial charge in [0.1, 0.15) is 11.4 Å². The second-order valence-corrected chi connectivity index (χ2v) is 5.45. The van der Waals surface area contributed by atoms with Crippen molar-refractivity contribution in [1.29, 1.82) is 0 Å². The van der Waals surface area contributed by atoms with Crippen molar-refractivity contribution in [3.63, 3.8) is 0 Å². The van der Waals surface area contributed by atoms with Crippen molar-refractivity contribution >= 4 is 11.6 Å². The largest absolute Gasteiger partial charge is 0.349 e. The molecule has 21 heavy (non-hydrogen) atoms. The van der Waals surface area contributed by atoms with Crippen molar-refractivity contribution in [1.82, 2.24) is 5.32 Å². The Labute approximate surface area is 122 Å². The summed E-state index contributed by atoms with van der Waals surface area (Å²) in [6.07, 6.45) is 5.05. The minimum Gasteiger partial charge on any atom is -0.349 e. The van der Waals surface area contributed by atoms with Gasteiger partial charge in [0.2, 0.25) is 0 Å². The first kappa shape index (κ1) is 15.4. The highest BCUT2D eigenvalue weighted by Gasteiger charge is 2.28. The van der Waals surface area contributed by atoms with Crippen molar-refractivity contribution in [2.24, 2.45) is 5.92 Å². The standard InChI is InChI=1S/C15H19FN2O3/c1-2-10-5-3-4-6-13(10)17-15(19)12-9-11(16)7-8-14(12)18(20)21/h7-10,13H,2-6H2,1H3,(H,17,19). The van der Waals surface area contributed by atoms with Crippen LogP contribution in [0.25, 0.3) is 0 Å². The van der Waals surface area contributed by atoms with Gasteiger partial charge in [0, 0.05) is 12.1 Å². The van der Waals surface area contributed by atoms with E-state index in [-0.39, 0.29) is 17.3 Å². The van der Waals surface area contributed by atoms with Gasteiger partial charge in [-0.15, -0.1) is 0 Å². The third-order valence-corrected chi connectivity index (χ3v) is 4.15. The van der Waals surface area contributed by atoms with Crippen molar-refractivity contribution in [3.8, 4) is 0 Å². The summed E-state index contributed by atoms with van der Waals surface area (Å²) in [5.41, 5.74) is -0.571. The lowest BCUT2D eigenvalue weighted by atomic mass is 9.83. The van der Waals surface area contributed by atoms with E-state index in [1.807, 2.05) is 0 Å². The summed E-state index contributed by atoms with van der Waals surface area (Å²) >= 11 is 0. The summed E-state index contributed by atoms with van der Waals surface area (Å²) in [7, 11) is 0. The Hall–Kier alpha value is -1.98. The van der Waals surface area contributed by atoms with E-state index in [9.17, 15) is 19.3 Å². The van der Waals surface area contributed by atoms with Crippen LogP contribution < -0.4 is 5.32 Å². The fourth-order valence-corrected chi connectivity index (χ4v) is 2.98. The highest BCUT2D eigenvalue weighted by Crippen LogP contribution is 2.28. The number of hydrogen-bond acceptors (Lipinski definition) is 3. The van der Waals surface area contributed by atoms with Gasteiger partial charge in [-0.3, -0.25) is 14.9 Å². The number of benzene rings is 1. The van der Waals surface area contributed by atoms with Gasteiger partial charge in [0.05, 0.1) is 4.92 Å². The zero-order valence-corrected chi connectivity index (χ0v) is 12.0. The van der Waals surface area contributed by atoms with E-state index in [0.29, 0.717) is 5.92 Å². The molecule has 114 valence electrons. The number of halogens is 1. The van der Waals surface area contributed by atoms with Crippen molar-refractivity contribution in [2.45, 2.75) is 45.1 Å². The number of nitrogens with zero attached hydrogens (tertiary/aromatic N) is 1. The molecule has 2 atom stereocenters. The smallest absolute Gasteiger partial charge is 0.282 e. The van der Waals surface area contributed by atoms with Gasteiger partial charge >= 0.3 is 0 Å². The molecule has 1 aromatic carbocycles. The number of nitro benzene ring substituents is 1. The first-order valence-electron chi connectivity index (χ1n) is 7.27. The monoisotopic (exact) mass is 294 g/mol. The summed E-state index contributed by atoms with van der Waals surface area (Å²) in [4.78, 5) is 22.6. The van der Waals surface area contributed by atoms with E-state index in [1.54, 1.807) is 0 Å². The first-order valence-corrected chi connectivity index (χ1v) is 7.27. The molecule has 0 saturated heterocycles. The van der Waals surface area contributed by atoms with Crippen molar-refractivity contribution in [2.75, 3.05) is 0 Å².